The summed E-state index contributed by atoms with van der Waals surface area (Å²) in [6.07, 6.45) is 0. The zero-order chi connectivity index (χ0) is 12.2. The average molecular weight is 233 g/mol. The van der Waals surface area contributed by atoms with E-state index in [0.717, 1.165) is 0 Å². The van der Waals surface area contributed by atoms with Gasteiger partial charge in [-0.3, -0.25) is 0 Å². The van der Waals surface area contributed by atoms with E-state index in [1.807, 2.05) is 0 Å². The molecule has 0 atom stereocenters. The number of alkyl halides is 2. The van der Waals surface area contributed by atoms with E-state index in [-0.39, 0.29) is 18.0 Å². The number of hydrogen-bond acceptors (Lipinski definition) is 4. The minimum atomic E-state index is -3.15. The first-order valence-corrected chi connectivity index (χ1v) is 4.65. The molecule has 0 saturated carbocycles. The van der Waals surface area contributed by atoms with Gasteiger partial charge < -0.3 is 20.6 Å². The molecule has 0 bridgehead atoms. The Bertz CT molecular complexity index is 358. The number of rotatable bonds is 5. The summed E-state index contributed by atoms with van der Waals surface area (Å²) < 4.78 is 25.2. The zero-order valence-electron chi connectivity index (χ0n) is 8.45. The van der Waals surface area contributed by atoms with Gasteiger partial charge in [0.1, 0.15) is 6.61 Å². The highest BCUT2D eigenvalue weighted by Crippen LogP contribution is 2.24. The fourth-order valence-corrected chi connectivity index (χ4v) is 1.12. The molecule has 16 heavy (non-hydrogen) atoms. The van der Waals surface area contributed by atoms with E-state index in [0.29, 0.717) is 5.56 Å². The molecule has 0 aliphatic heterocycles. The molecule has 0 aliphatic rings. The molecule has 4 nitrogen and oxygen atoms in total. The standard InChI is InChI=1S/C10H13F2NO3/c11-10(12,6-14)5-13-4-7-1-2-8(15)9(16)3-7/h1-3,13-16H,4-6H2. The number of phenols is 2. The summed E-state index contributed by atoms with van der Waals surface area (Å²) in [7, 11) is 0. The number of aromatic hydroxyl groups is 2. The van der Waals surface area contributed by atoms with Crippen molar-refractivity contribution in [3.8, 4) is 11.5 Å². The van der Waals surface area contributed by atoms with Crippen LogP contribution in [-0.2, 0) is 6.54 Å². The van der Waals surface area contributed by atoms with Crippen molar-refractivity contribution in [3.63, 3.8) is 0 Å². The average Bonchev–Trinajstić information content (AvgIpc) is 2.23. The van der Waals surface area contributed by atoms with Gasteiger partial charge in [-0.1, -0.05) is 6.07 Å². The highest BCUT2D eigenvalue weighted by Gasteiger charge is 2.26. The summed E-state index contributed by atoms with van der Waals surface area (Å²) in [4.78, 5) is 0. The second kappa shape index (κ2) is 5.09. The van der Waals surface area contributed by atoms with Crippen LogP contribution in [0.5, 0.6) is 11.5 Å². The summed E-state index contributed by atoms with van der Waals surface area (Å²) in [5, 5.41) is 28.9. The number of aliphatic hydroxyl groups is 1. The maximum Gasteiger partial charge on any atom is 0.282 e. The largest absolute Gasteiger partial charge is 0.504 e. The molecule has 1 aromatic carbocycles. The number of hydrogen-bond donors (Lipinski definition) is 4. The van der Waals surface area contributed by atoms with Crippen molar-refractivity contribution >= 4 is 0 Å². The molecule has 0 heterocycles. The van der Waals surface area contributed by atoms with Gasteiger partial charge in [0, 0.05) is 6.54 Å². The number of phenolic OH excluding ortho intramolecular Hbond substituents is 2. The van der Waals surface area contributed by atoms with Crippen molar-refractivity contribution in [1.82, 2.24) is 5.32 Å². The monoisotopic (exact) mass is 233 g/mol. The van der Waals surface area contributed by atoms with Crippen LogP contribution in [0.15, 0.2) is 18.2 Å². The van der Waals surface area contributed by atoms with E-state index in [2.05, 4.69) is 5.32 Å². The van der Waals surface area contributed by atoms with Crippen LogP contribution in [0.4, 0.5) is 8.78 Å². The minimum absolute atomic E-state index is 0.115. The maximum atomic E-state index is 12.6. The molecular formula is C10H13F2NO3. The van der Waals surface area contributed by atoms with E-state index in [9.17, 15) is 8.78 Å². The molecule has 1 aromatic rings. The van der Waals surface area contributed by atoms with Gasteiger partial charge >= 0.3 is 0 Å². The number of benzene rings is 1. The maximum absolute atomic E-state index is 12.6. The number of nitrogens with one attached hydrogen (secondary N) is 1. The van der Waals surface area contributed by atoms with Crippen molar-refractivity contribution in [3.05, 3.63) is 23.8 Å². The summed E-state index contributed by atoms with van der Waals surface area (Å²) >= 11 is 0. The molecule has 90 valence electrons. The summed E-state index contributed by atoms with van der Waals surface area (Å²) in [5.41, 5.74) is 0.559. The van der Waals surface area contributed by atoms with Gasteiger partial charge in [-0.15, -0.1) is 0 Å². The van der Waals surface area contributed by atoms with Crippen LogP contribution < -0.4 is 5.32 Å². The van der Waals surface area contributed by atoms with E-state index < -0.39 is 19.1 Å². The molecule has 0 radical (unpaired) electrons. The molecule has 0 aromatic heterocycles. The Labute approximate surface area is 91.2 Å². The molecule has 1 rings (SSSR count). The van der Waals surface area contributed by atoms with Gasteiger partial charge in [0.15, 0.2) is 11.5 Å². The van der Waals surface area contributed by atoms with Crippen LogP contribution >= 0.6 is 0 Å². The summed E-state index contributed by atoms with van der Waals surface area (Å²) in [5.74, 6) is -3.71. The normalized spacial score (nSPS) is 11.7. The van der Waals surface area contributed by atoms with Crippen molar-refractivity contribution < 1.29 is 24.1 Å². The van der Waals surface area contributed by atoms with Crippen molar-refractivity contribution in [1.29, 1.82) is 0 Å². The fourth-order valence-electron chi connectivity index (χ4n) is 1.12. The van der Waals surface area contributed by atoms with Gasteiger partial charge in [0.2, 0.25) is 0 Å². The topological polar surface area (TPSA) is 72.7 Å². The van der Waals surface area contributed by atoms with Crippen LogP contribution in [0.2, 0.25) is 0 Å². The van der Waals surface area contributed by atoms with Crippen LogP contribution in [-0.4, -0.2) is 34.4 Å². The SMILES string of the molecule is OCC(F)(F)CNCc1ccc(O)c(O)c1. The predicted octanol–water partition coefficient (Wildman–Crippen LogP) is 0.815. The molecule has 4 N–H and O–H groups in total. The lowest BCUT2D eigenvalue weighted by Gasteiger charge is -2.14. The number of aliphatic hydroxyl groups excluding tert-OH is 1. The molecule has 0 spiro atoms. The molecule has 6 heteroatoms. The highest BCUT2D eigenvalue weighted by molar-refractivity contribution is 5.40. The quantitative estimate of drug-likeness (QED) is 0.568. The molecule has 0 aliphatic carbocycles. The Kier molecular flexibility index (Phi) is 4.03. The smallest absolute Gasteiger partial charge is 0.282 e. The van der Waals surface area contributed by atoms with Crippen LogP contribution in [0.3, 0.4) is 0 Å². The lowest BCUT2D eigenvalue weighted by Crippen LogP contribution is -2.35. The lowest BCUT2D eigenvalue weighted by molar-refractivity contribution is -0.0477. The van der Waals surface area contributed by atoms with Crippen molar-refractivity contribution in [2.45, 2.75) is 12.5 Å². The van der Waals surface area contributed by atoms with Crippen LogP contribution in [0, 0.1) is 0 Å². The zero-order valence-corrected chi connectivity index (χ0v) is 8.45. The Balaban J connectivity index is 2.46. The van der Waals surface area contributed by atoms with E-state index in [1.54, 1.807) is 0 Å². The van der Waals surface area contributed by atoms with Crippen molar-refractivity contribution in [2.75, 3.05) is 13.2 Å². The predicted molar refractivity (Wildman–Crippen MR) is 53.5 cm³/mol. The lowest BCUT2D eigenvalue weighted by atomic mass is 10.2. The van der Waals surface area contributed by atoms with Gasteiger partial charge in [0.25, 0.3) is 5.92 Å². The number of halogens is 2. The third kappa shape index (κ3) is 3.63. The molecule has 0 saturated heterocycles. The molecule has 0 fully saturated rings. The van der Waals surface area contributed by atoms with E-state index in [4.69, 9.17) is 15.3 Å². The Morgan fingerprint density at radius 2 is 1.88 bits per heavy atom. The van der Waals surface area contributed by atoms with Crippen LogP contribution in [0.1, 0.15) is 5.56 Å². The van der Waals surface area contributed by atoms with E-state index >= 15 is 0 Å². The van der Waals surface area contributed by atoms with Gasteiger partial charge in [-0.2, -0.15) is 0 Å². The van der Waals surface area contributed by atoms with Gasteiger partial charge in [-0.25, -0.2) is 8.78 Å². The first kappa shape index (κ1) is 12.7. The Morgan fingerprint density at radius 3 is 2.44 bits per heavy atom. The van der Waals surface area contributed by atoms with Crippen LogP contribution in [0.25, 0.3) is 0 Å². The molecule has 0 unspecified atom stereocenters. The summed E-state index contributed by atoms with van der Waals surface area (Å²) in [6.45, 7) is -1.74. The van der Waals surface area contributed by atoms with E-state index in [1.165, 1.54) is 18.2 Å². The van der Waals surface area contributed by atoms with Gasteiger partial charge in [-0.05, 0) is 17.7 Å². The second-order valence-electron chi connectivity index (χ2n) is 3.44. The van der Waals surface area contributed by atoms with Gasteiger partial charge in [0.05, 0.1) is 6.54 Å². The minimum Gasteiger partial charge on any atom is -0.504 e. The molecule has 0 amide bonds. The summed E-state index contributed by atoms with van der Waals surface area (Å²) in [6, 6.07) is 4.05. The third-order valence-electron chi connectivity index (χ3n) is 1.98. The van der Waals surface area contributed by atoms with Crippen molar-refractivity contribution in [2.24, 2.45) is 0 Å². The first-order valence-electron chi connectivity index (χ1n) is 4.65. The highest BCUT2D eigenvalue weighted by atomic mass is 19.3. The first-order chi connectivity index (χ1) is 7.44. The second-order valence-corrected chi connectivity index (χ2v) is 3.44. The fraction of sp³-hybridized carbons (Fsp3) is 0.400. The molecular weight excluding hydrogens is 220 g/mol. The third-order valence-corrected chi connectivity index (χ3v) is 1.98. The Morgan fingerprint density at radius 1 is 1.19 bits per heavy atom. The Hall–Kier alpha value is -1.40.